The van der Waals surface area contributed by atoms with Crippen LogP contribution in [0, 0.1) is 0 Å². The predicted octanol–water partition coefficient (Wildman–Crippen LogP) is -1.68. The van der Waals surface area contributed by atoms with Crippen molar-refractivity contribution in [2.45, 2.75) is 19.3 Å². The van der Waals surface area contributed by atoms with Crippen molar-refractivity contribution in [1.82, 2.24) is 10.2 Å². The van der Waals surface area contributed by atoms with Gasteiger partial charge in [-0.1, -0.05) is 0 Å². The molecule has 0 bridgehead atoms. The number of hydrogen-bond donors (Lipinski definition) is 3. The van der Waals surface area contributed by atoms with E-state index < -0.39 is 0 Å². The molecule has 24 heavy (non-hydrogen) atoms. The Balaban J connectivity index is 4.27. The minimum atomic E-state index is -0.365. The number of aliphatic hydroxyl groups excluding tert-OH is 2. The fourth-order valence-electron chi connectivity index (χ4n) is 1.65. The van der Waals surface area contributed by atoms with Gasteiger partial charge in [-0.3, -0.25) is 9.59 Å². The minimum Gasteiger partial charge on any atom is -0.396 e. The van der Waals surface area contributed by atoms with Gasteiger partial charge in [-0.2, -0.15) is 0 Å². The summed E-state index contributed by atoms with van der Waals surface area (Å²) < 4.78 is 10.4. The average Bonchev–Trinajstić information content (AvgIpc) is 2.57. The van der Waals surface area contributed by atoms with Gasteiger partial charge in [-0.05, 0) is 12.8 Å². The van der Waals surface area contributed by atoms with Crippen LogP contribution < -0.4 is 5.32 Å². The molecule has 0 fully saturated rings. The summed E-state index contributed by atoms with van der Waals surface area (Å²) in [6.07, 6.45) is 1.86. The highest BCUT2D eigenvalue weighted by molar-refractivity contribution is 5.85. The van der Waals surface area contributed by atoms with Crippen molar-refractivity contribution >= 4 is 18.1 Å². The van der Waals surface area contributed by atoms with Gasteiger partial charge < -0.3 is 34.7 Å². The fraction of sp³-hybridized carbons (Fsp3) is 0.800. The predicted molar refractivity (Wildman–Crippen MR) is 85.3 cm³/mol. The maximum atomic E-state index is 12.1. The van der Waals surface area contributed by atoms with Crippen LogP contribution in [0.2, 0.25) is 0 Å². The highest BCUT2D eigenvalue weighted by Crippen LogP contribution is 1.94. The van der Waals surface area contributed by atoms with E-state index in [1.54, 1.807) is 0 Å². The number of carbonyl (C=O) groups is 3. The van der Waals surface area contributed by atoms with Gasteiger partial charge in [0.05, 0.1) is 13.2 Å². The minimum absolute atomic E-state index is 0.0181. The quantitative estimate of drug-likeness (QED) is 0.225. The van der Waals surface area contributed by atoms with Crippen LogP contribution in [0.4, 0.5) is 0 Å². The molecule has 0 spiro atoms. The highest BCUT2D eigenvalue weighted by atomic mass is 16.5. The van der Waals surface area contributed by atoms with Gasteiger partial charge in [-0.15, -0.1) is 0 Å². The van der Waals surface area contributed by atoms with E-state index in [0.29, 0.717) is 25.7 Å². The molecule has 0 aliphatic rings. The van der Waals surface area contributed by atoms with Crippen LogP contribution >= 0.6 is 0 Å². The highest BCUT2D eigenvalue weighted by Gasteiger charge is 2.17. The lowest BCUT2D eigenvalue weighted by atomic mass is 10.4. The van der Waals surface area contributed by atoms with Gasteiger partial charge in [0.15, 0.2) is 0 Å². The molecule has 0 unspecified atom stereocenters. The number of amides is 2. The Bertz CT molecular complexity index is 353. The molecule has 0 saturated carbocycles. The standard InChI is InChI=1S/C15H28N2O7/c18-6-1-4-16-14(21)12-17(5-11-23-9-2-7-19)15(22)13-24-10-3-8-20/h6,19-20H,1-5,7-13H2,(H,16,21). The van der Waals surface area contributed by atoms with E-state index in [0.717, 1.165) is 0 Å². The zero-order valence-corrected chi connectivity index (χ0v) is 13.9. The second-order valence-corrected chi connectivity index (χ2v) is 4.94. The molecule has 0 aromatic carbocycles. The molecule has 0 atom stereocenters. The first-order valence-electron chi connectivity index (χ1n) is 8.01. The molecule has 0 aromatic heterocycles. The molecule has 0 aliphatic heterocycles. The SMILES string of the molecule is O=CCCNC(=O)CN(CCOCCCO)C(=O)COCCCO. The molecule has 2 amide bonds. The Labute approximate surface area is 141 Å². The maximum Gasteiger partial charge on any atom is 0.249 e. The van der Waals surface area contributed by atoms with Crippen LogP contribution in [0.25, 0.3) is 0 Å². The molecule has 0 aromatic rings. The summed E-state index contributed by atoms with van der Waals surface area (Å²) in [7, 11) is 0. The normalized spacial score (nSPS) is 10.4. The first kappa shape index (κ1) is 22.4. The van der Waals surface area contributed by atoms with Crippen LogP contribution in [-0.2, 0) is 23.9 Å². The summed E-state index contributed by atoms with van der Waals surface area (Å²) in [5.74, 6) is -0.722. The molecule has 0 saturated heterocycles. The first-order chi connectivity index (χ1) is 11.7. The van der Waals surface area contributed by atoms with E-state index in [9.17, 15) is 14.4 Å². The summed E-state index contributed by atoms with van der Waals surface area (Å²) in [6.45, 7) is 0.994. The molecule has 9 nitrogen and oxygen atoms in total. The molecule has 0 heterocycles. The maximum absolute atomic E-state index is 12.1. The third-order valence-corrected chi connectivity index (χ3v) is 2.90. The van der Waals surface area contributed by atoms with Gasteiger partial charge in [0.25, 0.3) is 0 Å². The van der Waals surface area contributed by atoms with Crippen molar-refractivity contribution in [2.75, 3.05) is 59.3 Å². The van der Waals surface area contributed by atoms with E-state index in [1.165, 1.54) is 4.90 Å². The van der Waals surface area contributed by atoms with Crippen molar-refractivity contribution in [2.24, 2.45) is 0 Å². The average molecular weight is 348 g/mol. The van der Waals surface area contributed by atoms with Crippen molar-refractivity contribution in [3.8, 4) is 0 Å². The second kappa shape index (κ2) is 16.3. The van der Waals surface area contributed by atoms with Gasteiger partial charge in [0, 0.05) is 45.9 Å². The Morgan fingerprint density at radius 3 is 2.33 bits per heavy atom. The van der Waals surface area contributed by atoms with Gasteiger partial charge in [-0.25, -0.2) is 0 Å². The molecule has 0 aliphatic carbocycles. The molecule has 0 rings (SSSR count). The summed E-state index contributed by atoms with van der Waals surface area (Å²) in [4.78, 5) is 35.4. The Kier molecular flexibility index (Phi) is 15.3. The number of nitrogens with one attached hydrogen (secondary N) is 1. The Morgan fingerprint density at radius 2 is 1.71 bits per heavy atom. The molecular weight excluding hydrogens is 320 g/mol. The van der Waals surface area contributed by atoms with Crippen molar-refractivity contribution in [3.05, 3.63) is 0 Å². The van der Waals surface area contributed by atoms with Gasteiger partial charge in [0.2, 0.25) is 11.8 Å². The second-order valence-electron chi connectivity index (χ2n) is 4.94. The Hall–Kier alpha value is -1.55. The van der Waals surface area contributed by atoms with E-state index >= 15 is 0 Å². The van der Waals surface area contributed by atoms with Crippen molar-refractivity contribution in [1.29, 1.82) is 0 Å². The summed E-state index contributed by atoms with van der Waals surface area (Å²) in [5.41, 5.74) is 0. The summed E-state index contributed by atoms with van der Waals surface area (Å²) >= 11 is 0. The van der Waals surface area contributed by atoms with Crippen LogP contribution in [0.1, 0.15) is 19.3 Å². The van der Waals surface area contributed by atoms with E-state index in [4.69, 9.17) is 19.7 Å². The molecule has 9 heteroatoms. The van der Waals surface area contributed by atoms with Crippen molar-refractivity contribution < 1.29 is 34.1 Å². The summed E-state index contributed by atoms with van der Waals surface area (Å²) in [6, 6.07) is 0. The topological polar surface area (TPSA) is 125 Å². The largest absolute Gasteiger partial charge is 0.396 e. The lowest BCUT2D eigenvalue weighted by Gasteiger charge is -2.22. The van der Waals surface area contributed by atoms with E-state index in [1.807, 2.05) is 0 Å². The van der Waals surface area contributed by atoms with Crippen LogP contribution in [0.5, 0.6) is 0 Å². The first-order valence-corrected chi connectivity index (χ1v) is 8.01. The number of hydrogen-bond acceptors (Lipinski definition) is 7. The smallest absolute Gasteiger partial charge is 0.249 e. The fourth-order valence-corrected chi connectivity index (χ4v) is 1.65. The zero-order chi connectivity index (χ0) is 18.0. The number of aldehydes is 1. The van der Waals surface area contributed by atoms with Gasteiger partial charge >= 0.3 is 0 Å². The third kappa shape index (κ3) is 12.9. The number of nitrogens with zero attached hydrogens (tertiary/aromatic N) is 1. The van der Waals surface area contributed by atoms with Crippen LogP contribution in [0.3, 0.4) is 0 Å². The van der Waals surface area contributed by atoms with Gasteiger partial charge in [0.1, 0.15) is 12.9 Å². The van der Waals surface area contributed by atoms with Crippen molar-refractivity contribution in [3.63, 3.8) is 0 Å². The number of ether oxygens (including phenoxy) is 2. The number of aliphatic hydroxyl groups is 2. The third-order valence-electron chi connectivity index (χ3n) is 2.90. The lowest BCUT2D eigenvalue weighted by Crippen LogP contribution is -2.44. The molecule has 3 N–H and O–H groups in total. The van der Waals surface area contributed by atoms with Crippen LogP contribution in [-0.4, -0.2) is 92.5 Å². The molecule has 140 valence electrons. The number of carbonyl (C=O) groups excluding carboxylic acids is 3. The van der Waals surface area contributed by atoms with E-state index in [2.05, 4.69) is 5.32 Å². The van der Waals surface area contributed by atoms with E-state index in [-0.39, 0.29) is 70.9 Å². The lowest BCUT2D eigenvalue weighted by molar-refractivity contribution is -0.140. The molecule has 0 radical (unpaired) electrons. The Morgan fingerprint density at radius 1 is 1.04 bits per heavy atom. The summed E-state index contributed by atoms with van der Waals surface area (Å²) in [5, 5.41) is 19.9. The monoisotopic (exact) mass is 348 g/mol. The molecular formula is C15H28N2O7. The zero-order valence-electron chi connectivity index (χ0n) is 13.9. The number of rotatable bonds is 16. The van der Waals surface area contributed by atoms with Crippen LogP contribution in [0.15, 0.2) is 0 Å².